The van der Waals surface area contributed by atoms with Gasteiger partial charge in [0, 0.05) is 18.5 Å². The number of aryl methyl sites for hydroxylation is 1. The molecule has 0 radical (unpaired) electrons. The Morgan fingerprint density at radius 1 is 1.27 bits per heavy atom. The van der Waals surface area contributed by atoms with E-state index in [-0.39, 0.29) is 18.3 Å². The summed E-state index contributed by atoms with van der Waals surface area (Å²) < 4.78 is 49.9. The van der Waals surface area contributed by atoms with Gasteiger partial charge in [-0.15, -0.1) is 0 Å². The smallest absolute Gasteiger partial charge is 0.159 e. The highest BCUT2D eigenvalue weighted by Crippen LogP contribution is 2.19. The summed E-state index contributed by atoms with van der Waals surface area (Å²) in [6.07, 6.45) is 2.83. The van der Waals surface area contributed by atoms with Crippen LogP contribution in [0.3, 0.4) is 0 Å². The van der Waals surface area contributed by atoms with Crippen LogP contribution in [-0.4, -0.2) is 30.2 Å². The second kappa shape index (κ2) is 6.43. The summed E-state index contributed by atoms with van der Waals surface area (Å²) in [5, 5.41) is 7.24. The molecular weight excluding hydrogens is 312 g/mol. The number of halogens is 2. The van der Waals surface area contributed by atoms with E-state index >= 15 is 0 Å². The molecule has 0 fully saturated rings. The molecular formula is C14H17F2N3O2S. The Morgan fingerprint density at radius 3 is 2.64 bits per heavy atom. The number of sulfone groups is 1. The van der Waals surface area contributed by atoms with Crippen molar-refractivity contribution in [1.29, 1.82) is 0 Å². The van der Waals surface area contributed by atoms with Gasteiger partial charge < -0.3 is 5.32 Å². The molecule has 22 heavy (non-hydrogen) atoms. The summed E-state index contributed by atoms with van der Waals surface area (Å²) >= 11 is 0. The minimum atomic E-state index is -3.05. The summed E-state index contributed by atoms with van der Waals surface area (Å²) in [5.74, 6) is -1.25. The summed E-state index contributed by atoms with van der Waals surface area (Å²) in [6, 6.07) is 5.13. The molecule has 2 rings (SSSR count). The molecule has 0 aliphatic rings. The monoisotopic (exact) mass is 329 g/mol. The van der Waals surface area contributed by atoms with Gasteiger partial charge in [0.15, 0.2) is 11.6 Å². The first-order valence-corrected chi connectivity index (χ1v) is 8.73. The molecule has 1 aromatic carbocycles. The number of benzene rings is 1. The molecule has 0 spiro atoms. The maximum Gasteiger partial charge on any atom is 0.159 e. The minimum absolute atomic E-state index is 0.00679. The Bertz CT molecular complexity index is 759. The first-order valence-electron chi connectivity index (χ1n) is 6.67. The molecule has 0 saturated heterocycles. The van der Waals surface area contributed by atoms with Crippen molar-refractivity contribution in [3.63, 3.8) is 0 Å². The predicted molar refractivity (Wildman–Crippen MR) is 80.3 cm³/mol. The molecule has 2 aromatic rings. The standard InChI is InChI=1S/C14H17F2N3O2S/c1-10(11-3-4-12(15)13(16)9-11)17-14-5-6-19(18-14)7-8-22(2,20)21/h3-6,9-10H,7-8H2,1-2H3,(H,17,18)/t10-/m1/s1. The largest absolute Gasteiger partial charge is 0.362 e. The Kier molecular flexibility index (Phi) is 4.80. The van der Waals surface area contributed by atoms with Crippen LogP contribution in [0.5, 0.6) is 0 Å². The van der Waals surface area contributed by atoms with E-state index in [1.807, 2.05) is 0 Å². The molecule has 1 heterocycles. The third kappa shape index (κ3) is 4.52. The fraction of sp³-hybridized carbons (Fsp3) is 0.357. The van der Waals surface area contributed by atoms with Crippen molar-refractivity contribution in [2.24, 2.45) is 0 Å². The number of rotatable bonds is 6. The van der Waals surface area contributed by atoms with Gasteiger partial charge in [-0.05, 0) is 24.6 Å². The topological polar surface area (TPSA) is 64.0 Å². The molecule has 0 saturated carbocycles. The Labute approximate surface area is 127 Å². The van der Waals surface area contributed by atoms with Crippen LogP contribution in [0, 0.1) is 11.6 Å². The molecule has 1 N–H and O–H groups in total. The number of nitrogens with zero attached hydrogens (tertiary/aromatic N) is 2. The van der Waals surface area contributed by atoms with Crippen molar-refractivity contribution < 1.29 is 17.2 Å². The lowest BCUT2D eigenvalue weighted by atomic mass is 10.1. The first-order chi connectivity index (χ1) is 10.2. The molecule has 8 heteroatoms. The molecule has 0 aliphatic heterocycles. The van der Waals surface area contributed by atoms with E-state index in [1.54, 1.807) is 19.2 Å². The highest BCUT2D eigenvalue weighted by Gasteiger charge is 2.11. The Hall–Kier alpha value is -1.96. The maximum absolute atomic E-state index is 13.2. The quantitative estimate of drug-likeness (QED) is 0.884. The average molecular weight is 329 g/mol. The summed E-state index contributed by atoms with van der Waals surface area (Å²) in [4.78, 5) is 0. The average Bonchev–Trinajstić information content (AvgIpc) is 2.86. The highest BCUT2D eigenvalue weighted by atomic mass is 32.2. The zero-order valence-electron chi connectivity index (χ0n) is 12.3. The van der Waals surface area contributed by atoms with Gasteiger partial charge in [0.1, 0.15) is 15.7 Å². The predicted octanol–water partition coefficient (Wildman–Crippen LogP) is 2.38. The van der Waals surface area contributed by atoms with Crippen LogP contribution in [0.2, 0.25) is 0 Å². The van der Waals surface area contributed by atoms with E-state index < -0.39 is 21.5 Å². The Morgan fingerprint density at radius 2 is 2.00 bits per heavy atom. The SMILES string of the molecule is C[C@@H](Nc1ccn(CCS(C)(=O)=O)n1)c1ccc(F)c(F)c1. The van der Waals surface area contributed by atoms with Gasteiger partial charge in [0.25, 0.3) is 0 Å². The summed E-state index contributed by atoms with van der Waals surface area (Å²) in [6.45, 7) is 2.06. The van der Waals surface area contributed by atoms with Crippen molar-refractivity contribution >= 4 is 15.7 Å². The molecule has 0 amide bonds. The van der Waals surface area contributed by atoms with E-state index in [1.165, 1.54) is 17.0 Å². The van der Waals surface area contributed by atoms with Crippen LogP contribution in [-0.2, 0) is 16.4 Å². The number of aromatic nitrogens is 2. The molecule has 0 unspecified atom stereocenters. The van der Waals surface area contributed by atoms with Crippen molar-refractivity contribution in [2.45, 2.75) is 19.5 Å². The Balaban J connectivity index is 2.01. The number of hydrogen-bond acceptors (Lipinski definition) is 4. The molecule has 5 nitrogen and oxygen atoms in total. The maximum atomic E-state index is 13.2. The molecule has 120 valence electrons. The third-order valence-electron chi connectivity index (χ3n) is 3.14. The fourth-order valence-corrected chi connectivity index (χ4v) is 2.43. The van der Waals surface area contributed by atoms with Crippen LogP contribution in [0.15, 0.2) is 30.5 Å². The van der Waals surface area contributed by atoms with Crippen molar-refractivity contribution in [3.8, 4) is 0 Å². The van der Waals surface area contributed by atoms with Gasteiger partial charge in [-0.25, -0.2) is 17.2 Å². The van der Waals surface area contributed by atoms with Gasteiger partial charge in [-0.2, -0.15) is 5.10 Å². The van der Waals surface area contributed by atoms with Crippen LogP contribution in [0.4, 0.5) is 14.6 Å². The van der Waals surface area contributed by atoms with Crippen LogP contribution in [0.25, 0.3) is 0 Å². The number of hydrogen-bond donors (Lipinski definition) is 1. The highest BCUT2D eigenvalue weighted by molar-refractivity contribution is 7.90. The van der Waals surface area contributed by atoms with E-state index in [4.69, 9.17) is 0 Å². The van der Waals surface area contributed by atoms with E-state index in [0.29, 0.717) is 11.4 Å². The normalized spacial score (nSPS) is 13.1. The lowest BCUT2D eigenvalue weighted by Crippen LogP contribution is -2.12. The molecule has 0 aliphatic carbocycles. The van der Waals surface area contributed by atoms with Crippen molar-refractivity contribution in [1.82, 2.24) is 9.78 Å². The van der Waals surface area contributed by atoms with Gasteiger partial charge in [0.2, 0.25) is 0 Å². The fourth-order valence-electron chi connectivity index (χ4n) is 1.91. The van der Waals surface area contributed by atoms with Crippen LogP contribution < -0.4 is 5.32 Å². The molecule has 1 aromatic heterocycles. The zero-order valence-corrected chi connectivity index (χ0v) is 13.1. The first kappa shape index (κ1) is 16.4. The molecule has 0 bridgehead atoms. The zero-order chi connectivity index (χ0) is 16.3. The van der Waals surface area contributed by atoms with Crippen LogP contribution >= 0.6 is 0 Å². The second-order valence-corrected chi connectivity index (χ2v) is 7.39. The third-order valence-corrected chi connectivity index (χ3v) is 4.06. The summed E-state index contributed by atoms with van der Waals surface area (Å²) in [5.41, 5.74) is 0.588. The lowest BCUT2D eigenvalue weighted by molar-refractivity contribution is 0.506. The van der Waals surface area contributed by atoms with Gasteiger partial charge in [-0.1, -0.05) is 6.07 Å². The van der Waals surface area contributed by atoms with E-state index in [0.717, 1.165) is 12.1 Å². The number of anilines is 1. The van der Waals surface area contributed by atoms with E-state index in [9.17, 15) is 17.2 Å². The van der Waals surface area contributed by atoms with E-state index in [2.05, 4.69) is 10.4 Å². The van der Waals surface area contributed by atoms with Gasteiger partial charge in [-0.3, -0.25) is 4.68 Å². The van der Waals surface area contributed by atoms with Crippen molar-refractivity contribution in [2.75, 3.05) is 17.3 Å². The lowest BCUT2D eigenvalue weighted by Gasteiger charge is -2.13. The minimum Gasteiger partial charge on any atom is -0.362 e. The second-order valence-electron chi connectivity index (χ2n) is 5.13. The summed E-state index contributed by atoms with van der Waals surface area (Å²) in [7, 11) is -3.05. The van der Waals surface area contributed by atoms with Gasteiger partial charge >= 0.3 is 0 Å². The van der Waals surface area contributed by atoms with Gasteiger partial charge in [0.05, 0.1) is 18.3 Å². The number of nitrogens with one attached hydrogen (secondary N) is 1. The molecule has 1 atom stereocenters. The van der Waals surface area contributed by atoms with Crippen LogP contribution in [0.1, 0.15) is 18.5 Å². The van der Waals surface area contributed by atoms with Crippen molar-refractivity contribution in [3.05, 3.63) is 47.7 Å².